The Balaban J connectivity index is 2.99. The van der Waals surface area contributed by atoms with Gasteiger partial charge in [-0.1, -0.05) is 0 Å². The van der Waals surface area contributed by atoms with Crippen molar-refractivity contribution in [1.82, 2.24) is 4.90 Å². The molecule has 0 rings (SSSR count). The molecule has 0 saturated carbocycles. The molecule has 0 N–H and O–H groups in total. The Morgan fingerprint density at radius 2 is 2.33 bits per heavy atom. The minimum absolute atomic E-state index is 0.639. The van der Waals surface area contributed by atoms with Crippen LogP contribution in [0.25, 0.3) is 0 Å². The van der Waals surface area contributed by atoms with Crippen molar-refractivity contribution in [2.45, 2.75) is 6.92 Å². The Bertz CT molecular complexity index is 97.7. The summed E-state index contributed by atoms with van der Waals surface area (Å²) in [5.74, 6) is 0. The zero-order chi connectivity index (χ0) is 7.11. The lowest BCUT2D eigenvalue weighted by atomic mass is 10.6. The Labute approximate surface area is 55.8 Å². The van der Waals surface area contributed by atoms with E-state index in [1.165, 1.54) is 4.90 Å². The normalized spacial score (nSPS) is 8.56. The highest BCUT2D eigenvalue weighted by molar-refractivity contribution is 4.67. The average Bonchev–Trinajstić information content (AvgIpc) is 1.89. The summed E-state index contributed by atoms with van der Waals surface area (Å²) in [6.45, 7) is 3.98. The van der Waals surface area contributed by atoms with Gasteiger partial charge in [-0.15, -0.1) is 0 Å². The summed E-state index contributed by atoms with van der Waals surface area (Å²) < 4.78 is 5.01. The van der Waals surface area contributed by atoms with Crippen molar-refractivity contribution in [3.8, 4) is 6.19 Å². The fraction of sp³-hybridized carbons (Fsp3) is 0.833. The minimum atomic E-state index is 0.639. The van der Waals surface area contributed by atoms with E-state index in [4.69, 9.17) is 10.00 Å². The first kappa shape index (κ1) is 8.25. The van der Waals surface area contributed by atoms with E-state index >= 15 is 0 Å². The second-order valence-electron chi connectivity index (χ2n) is 1.72. The summed E-state index contributed by atoms with van der Waals surface area (Å²) in [6, 6.07) is 0. The molecule has 0 aromatic rings. The van der Waals surface area contributed by atoms with E-state index in [9.17, 15) is 0 Å². The van der Waals surface area contributed by atoms with Gasteiger partial charge in [0.05, 0.1) is 13.2 Å². The Hall–Kier alpha value is -0.750. The highest BCUT2D eigenvalue weighted by Gasteiger charge is 1.89. The zero-order valence-electron chi connectivity index (χ0n) is 5.92. The smallest absolute Gasteiger partial charge is 0.179 e. The van der Waals surface area contributed by atoms with E-state index < -0.39 is 0 Å². The highest BCUT2D eigenvalue weighted by Crippen LogP contribution is 1.78. The quantitative estimate of drug-likeness (QED) is 0.313. The van der Waals surface area contributed by atoms with E-state index in [0.29, 0.717) is 13.2 Å². The average molecular weight is 128 g/mol. The van der Waals surface area contributed by atoms with Crippen LogP contribution >= 0.6 is 0 Å². The van der Waals surface area contributed by atoms with E-state index in [1.54, 1.807) is 7.05 Å². The van der Waals surface area contributed by atoms with E-state index in [1.807, 2.05) is 13.1 Å². The fourth-order valence-corrected chi connectivity index (χ4v) is 0.396. The Kier molecular flexibility index (Phi) is 4.94. The van der Waals surface area contributed by atoms with Gasteiger partial charge in [-0.2, -0.15) is 5.26 Å². The van der Waals surface area contributed by atoms with Crippen LogP contribution in [0.3, 0.4) is 0 Å². The van der Waals surface area contributed by atoms with Crippen LogP contribution in [0.1, 0.15) is 6.92 Å². The molecule has 3 nitrogen and oxygen atoms in total. The molecule has 0 amide bonds. The van der Waals surface area contributed by atoms with Crippen LogP contribution in [-0.2, 0) is 4.74 Å². The molecular weight excluding hydrogens is 116 g/mol. The van der Waals surface area contributed by atoms with Gasteiger partial charge in [0.2, 0.25) is 0 Å². The van der Waals surface area contributed by atoms with E-state index in [-0.39, 0.29) is 0 Å². The van der Waals surface area contributed by atoms with Crippen molar-refractivity contribution in [2.24, 2.45) is 0 Å². The molecule has 0 aliphatic rings. The Morgan fingerprint density at radius 1 is 1.67 bits per heavy atom. The topological polar surface area (TPSA) is 36.3 Å². The summed E-state index contributed by atoms with van der Waals surface area (Å²) in [5, 5.41) is 8.25. The molecule has 0 aromatic carbocycles. The van der Waals surface area contributed by atoms with Gasteiger partial charge in [-0.25, -0.2) is 0 Å². The van der Waals surface area contributed by atoms with Crippen LogP contribution in [0.2, 0.25) is 0 Å². The first-order valence-corrected chi connectivity index (χ1v) is 3.00. The van der Waals surface area contributed by atoms with Gasteiger partial charge in [-0.05, 0) is 6.92 Å². The van der Waals surface area contributed by atoms with Gasteiger partial charge < -0.3 is 9.64 Å². The molecule has 0 radical (unpaired) electrons. The number of nitriles is 1. The third-order valence-electron chi connectivity index (χ3n) is 0.946. The molecule has 0 spiro atoms. The van der Waals surface area contributed by atoms with E-state index in [2.05, 4.69) is 0 Å². The maximum Gasteiger partial charge on any atom is 0.179 e. The van der Waals surface area contributed by atoms with Gasteiger partial charge in [0.25, 0.3) is 0 Å². The van der Waals surface area contributed by atoms with Crippen molar-refractivity contribution in [2.75, 3.05) is 26.8 Å². The minimum Gasteiger partial charge on any atom is -0.380 e. The largest absolute Gasteiger partial charge is 0.380 e. The molecular formula is C6H12N2O. The molecule has 52 valence electrons. The van der Waals surface area contributed by atoms with Crippen molar-refractivity contribution in [1.29, 1.82) is 5.26 Å². The van der Waals surface area contributed by atoms with Gasteiger partial charge in [0.15, 0.2) is 6.19 Å². The SMILES string of the molecule is CCOCCN(C)C#N. The third-order valence-corrected chi connectivity index (χ3v) is 0.946. The second-order valence-corrected chi connectivity index (χ2v) is 1.72. The maximum atomic E-state index is 8.25. The predicted octanol–water partition coefficient (Wildman–Crippen LogP) is 0.436. The van der Waals surface area contributed by atoms with Crippen LogP contribution in [0.5, 0.6) is 0 Å². The van der Waals surface area contributed by atoms with E-state index in [0.717, 1.165) is 6.61 Å². The molecule has 0 aromatic heterocycles. The molecule has 0 heterocycles. The van der Waals surface area contributed by atoms with Crippen LogP contribution < -0.4 is 0 Å². The molecule has 3 heteroatoms. The van der Waals surface area contributed by atoms with Gasteiger partial charge >= 0.3 is 0 Å². The summed E-state index contributed by atoms with van der Waals surface area (Å²) in [4.78, 5) is 1.54. The van der Waals surface area contributed by atoms with Crippen molar-refractivity contribution in [3.63, 3.8) is 0 Å². The lowest BCUT2D eigenvalue weighted by molar-refractivity contribution is 0.135. The molecule has 0 aliphatic heterocycles. The molecule has 9 heavy (non-hydrogen) atoms. The summed E-state index contributed by atoms with van der Waals surface area (Å²) in [6.07, 6.45) is 1.98. The molecule has 0 atom stereocenters. The summed E-state index contributed by atoms with van der Waals surface area (Å²) in [7, 11) is 1.74. The van der Waals surface area contributed by atoms with Crippen LogP contribution in [-0.4, -0.2) is 31.7 Å². The summed E-state index contributed by atoms with van der Waals surface area (Å²) in [5.41, 5.74) is 0. The first-order chi connectivity index (χ1) is 4.31. The standard InChI is InChI=1S/C6H12N2O/c1-3-9-5-4-8(2)6-7/h3-5H2,1-2H3. The number of hydrogen-bond donors (Lipinski definition) is 0. The lowest BCUT2D eigenvalue weighted by Crippen LogP contribution is -2.17. The second kappa shape index (κ2) is 5.39. The number of ether oxygens (including phenoxy) is 1. The summed E-state index contributed by atoms with van der Waals surface area (Å²) >= 11 is 0. The van der Waals surface area contributed by atoms with Gasteiger partial charge in [-0.3, -0.25) is 0 Å². The molecule has 0 aliphatic carbocycles. The van der Waals surface area contributed by atoms with Crippen molar-refractivity contribution in [3.05, 3.63) is 0 Å². The monoisotopic (exact) mass is 128 g/mol. The zero-order valence-corrected chi connectivity index (χ0v) is 5.92. The van der Waals surface area contributed by atoms with Crippen molar-refractivity contribution < 1.29 is 4.74 Å². The number of likely N-dealkylation sites (N-methyl/N-ethyl adjacent to an activating group) is 1. The van der Waals surface area contributed by atoms with Crippen LogP contribution in [0, 0.1) is 11.5 Å². The van der Waals surface area contributed by atoms with Crippen LogP contribution in [0.4, 0.5) is 0 Å². The molecule has 0 fully saturated rings. The van der Waals surface area contributed by atoms with Gasteiger partial charge in [0.1, 0.15) is 0 Å². The van der Waals surface area contributed by atoms with Crippen LogP contribution in [0.15, 0.2) is 0 Å². The lowest BCUT2D eigenvalue weighted by Gasteiger charge is -2.06. The molecule has 0 saturated heterocycles. The first-order valence-electron chi connectivity index (χ1n) is 3.00. The molecule has 0 unspecified atom stereocenters. The fourth-order valence-electron chi connectivity index (χ4n) is 0.396. The van der Waals surface area contributed by atoms with Crippen molar-refractivity contribution >= 4 is 0 Å². The predicted molar refractivity (Wildman–Crippen MR) is 34.7 cm³/mol. The van der Waals surface area contributed by atoms with Gasteiger partial charge in [0, 0.05) is 13.7 Å². The number of hydrogen-bond acceptors (Lipinski definition) is 3. The maximum absolute atomic E-state index is 8.25. The number of rotatable bonds is 4. The molecule has 0 bridgehead atoms. The number of nitrogens with zero attached hydrogens (tertiary/aromatic N) is 2. The third kappa shape index (κ3) is 5.12. The Morgan fingerprint density at radius 3 is 2.78 bits per heavy atom. The highest BCUT2D eigenvalue weighted by atomic mass is 16.5.